The van der Waals surface area contributed by atoms with Gasteiger partial charge in [0.05, 0.1) is 7.11 Å². The summed E-state index contributed by atoms with van der Waals surface area (Å²) in [6, 6.07) is 1.25. The van der Waals surface area contributed by atoms with Gasteiger partial charge in [0.15, 0.2) is 0 Å². The summed E-state index contributed by atoms with van der Waals surface area (Å²) in [6.45, 7) is 3.28. The maximum Gasteiger partial charge on any atom is 0.373 e. The van der Waals surface area contributed by atoms with Crippen LogP contribution in [0.4, 0.5) is 0 Å². The molecule has 2 heterocycles. The highest BCUT2D eigenvalue weighted by molar-refractivity contribution is 7.89. The van der Waals surface area contributed by atoms with Gasteiger partial charge in [-0.3, -0.25) is 0 Å². The lowest BCUT2D eigenvalue weighted by Gasteiger charge is -2.31. The summed E-state index contributed by atoms with van der Waals surface area (Å²) in [5.74, 6) is -0.282. The van der Waals surface area contributed by atoms with Crippen LogP contribution in [0.5, 0.6) is 0 Å². The topological polar surface area (TPSA) is 88.9 Å². The Labute approximate surface area is 130 Å². The number of rotatable bonds is 5. The molecule has 2 rings (SSSR count). The molecule has 0 spiro atoms. The van der Waals surface area contributed by atoms with Crippen molar-refractivity contribution < 1.29 is 22.4 Å². The normalized spacial score (nSPS) is 20.0. The van der Waals surface area contributed by atoms with Gasteiger partial charge in [0.2, 0.25) is 15.8 Å². The molecule has 1 saturated heterocycles. The van der Waals surface area contributed by atoms with E-state index < -0.39 is 16.0 Å². The molecule has 8 heteroatoms. The van der Waals surface area contributed by atoms with Gasteiger partial charge in [-0.15, -0.1) is 0 Å². The zero-order chi connectivity index (χ0) is 16.3. The van der Waals surface area contributed by atoms with Gasteiger partial charge in [0.25, 0.3) is 0 Å². The number of esters is 1. The van der Waals surface area contributed by atoms with Crippen LogP contribution in [0.3, 0.4) is 0 Å². The number of sulfonamides is 1. The summed E-state index contributed by atoms with van der Waals surface area (Å²) < 4.78 is 36.8. The number of furan rings is 1. The maximum absolute atomic E-state index is 12.8. The minimum absolute atomic E-state index is 0.0398. The Bertz CT molecular complexity index is 636. The molecule has 1 aromatic heterocycles. The van der Waals surface area contributed by atoms with Gasteiger partial charge in [-0.2, -0.15) is 4.31 Å². The number of carbonyl (C=O) groups excluding carboxylic acids is 1. The lowest BCUT2D eigenvalue weighted by Crippen LogP contribution is -2.42. The van der Waals surface area contributed by atoms with Crippen LogP contribution < -0.4 is 5.32 Å². The van der Waals surface area contributed by atoms with Crippen molar-refractivity contribution in [3.63, 3.8) is 0 Å². The van der Waals surface area contributed by atoms with Crippen molar-refractivity contribution in [1.29, 1.82) is 0 Å². The zero-order valence-corrected chi connectivity index (χ0v) is 13.9. The molecule has 0 amide bonds. The molecule has 22 heavy (non-hydrogen) atoms. The second kappa shape index (κ2) is 6.80. The van der Waals surface area contributed by atoms with Crippen molar-refractivity contribution in [2.75, 3.05) is 33.8 Å². The van der Waals surface area contributed by atoms with Gasteiger partial charge in [0, 0.05) is 19.2 Å². The molecule has 0 bridgehead atoms. The van der Waals surface area contributed by atoms with Gasteiger partial charge >= 0.3 is 5.97 Å². The molecule has 0 aliphatic carbocycles. The van der Waals surface area contributed by atoms with Crippen LogP contribution in [0, 0.1) is 12.8 Å². The SMILES string of the molecule is CNCC1CCCN(S(=O)(=O)c2cc(C(=O)OC)oc2C)C1. The number of hydrogen-bond donors (Lipinski definition) is 1. The highest BCUT2D eigenvalue weighted by Gasteiger charge is 2.33. The summed E-state index contributed by atoms with van der Waals surface area (Å²) in [5, 5.41) is 3.09. The largest absolute Gasteiger partial charge is 0.463 e. The van der Waals surface area contributed by atoms with Gasteiger partial charge in [-0.25, -0.2) is 13.2 Å². The summed E-state index contributed by atoms with van der Waals surface area (Å²) in [5.41, 5.74) is 0. The molecule has 1 fully saturated rings. The average Bonchev–Trinajstić information content (AvgIpc) is 2.90. The molecule has 1 aliphatic rings. The second-order valence-electron chi connectivity index (χ2n) is 5.45. The third kappa shape index (κ3) is 3.34. The lowest BCUT2D eigenvalue weighted by atomic mass is 10.00. The van der Waals surface area contributed by atoms with E-state index in [4.69, 9.17) is 4.42 Å². The van der Waals surface area contributed by atoms with Crippen molar-refractivity contribution in [1.82, 2.24) is 9.62 Å². The van der Waals surface area contributed by atoms with Crippen LogP contribution in [0.15, 0.2) is 15.4 Å². The van der Waals surface area contributed by atoms with Crippen molar-refractivity contribution >= 4 is 16.0 Å². The Kier molecular flexibility index (Phi) is 5.25. The fraction of sp³-hybridized carbons (Fsp3) is 0.643. The predicted octanol–water partition coefficient (Wildman–Crippen LogP) is 0.995. The Hall–Kier alpha value is -1.38. The number of carbonyl (C=O) groups is 1. The number of hydrogen-bond acceptors (Lipinski definition) is 6. The third-order valence-electron chi connectivity index (χ3n) is 3.85. The van der Waals surface area contributed by atoms with Crippen LogP contribution >= 0.6 is 0 Å². The van der Waals surface area contributed by atoms with Gasteiger partial charge in [-0.05, 0) is 39.3 Å². The molecule has 124 valence electrons. The van der Waals surface area contributed by atoms with Crippen LogP contribution in [0.2, 0.25) is 0 Å². The summed E-state index contributed by atoms with van der Waals surface area (Å²) >= 11 is 0. The first kappa shape index (κ1) is 17.0. The highest BCUT2D eigenvalue weighted by atomic mass is 32.2. The molecule has 0 saturated carbocycles. The van der Waals surface area contributed by atoms with E-state index >= 15 is 0 Å². The molecule has 1 aromatic rings. The highest BCUT2D eigenvalue weighted by Crippen LogP contribution is 2.27. The van der Waals surface area contributed by atoms with E-state index in [2.05, 4.69) is 10.1 Å². The smallest absolute Gasteiger partial charge is 0.373 e. The molecular weight excluding hydrogens is 308 g/mol. The third-order valence-corrected chi connectivity index (χ3v) is 5.82. The maximum atomic E-state index is 12.8. The number of piperidine rings is 1. The lowest BCUT2D eigenvalue weighted by molar-refractivity contribution is 0.0563. The molecule has 0 aromatic carbocycles. The summed E-state index contributed by atoms with van der Waals surface area (Å²) in [7, 11) is -0.580. The quantitative estimate of drug-likeness (QED) is 0.810. The number of nitrogens with one attached hydrogen (secondary N) is 1. The molecule has 7 nitrogen and oxygen atoms in total. The van der Waals surface area contributed by atoms with Crippen LogP contribution in [-0.4, -0.2) is 52.5 Å². The number of aryl methyl sites for hydroxylation is 1. The van der Waals surface area contributed by atoms with Crippen molar-refractivity contribution in [3.8, 4) is 0 Å². The van der Waals surface area contributed by atoms with E-state index in [0.29, 0.717) is 19.0 Å². The summed E-state index contributed by atoms with van der Waals surface area (Å²) in [4.78, 5) is 11.5. The summed E-state index contributed by atoms with van der Waals surface area (Å²) in [6.07, 6.45) is 1.83. The van der Waals surface area contributed by atoms with E-state index in [-0.39, 0.29) is 16.4 Å². The van der Waals surface area contributed by atoms with E-state index in [1.807, 2.05) is 7.05 Å². The van der Waals surface area contributed by atoms with E-state index in [1.54, 1.807) is 0 Å². The minimum Gasteiger partial charge on any atom is -0.463 e. The van der Waals surface area contributed by atoms with E-state index in [9.17, 15) is 13.2 Å². The molecular formula is C14H22N2O5S. The van der Waals surface area contributed by atoms with Gasteiger partial charge < -0.3 is 14.5 Å². The molecule has 1 N–H and O–H groups in total. The minimum atomic E-state index is -3.66. The number of ether oxygens (including phenoxy) is 1. The monoisotopic (exact) mass is 330 g/mol. The Morgan fingerprint density at radius 1 is 1.55 bits per heavy atom. The van der Waals surface area contributed by atoms with Crippen molar-refractivity contribution in [3.05, 3.63) is 17.6 Å². The first-order valence-electron chi connectivity index (χ1n) is 7.23. The first-order chi connectivity index (χ1) is 10.4. The van der Waals surface area contributed by atoms with E-state index in [0.717, 1.165) is 19.4 Å². The fourth-order valence-electron chi connectivity index (χ4n) is 2.76. The number of nitrogens with zero attached hydrogens (tertiary/aromatic N) is 1. The standard InChI is InChI=1S/C14H22N2O5S/c1-10-13(7-12(21-10)14(17)20-3)22(18,19)16-6-4-5-11(9-16)8-15-2/h7,11,15H,4-6,8-9H2,1-3H3. The van der Waals surface area contributed by atoms with Crippen molar-refractivity contribution in [2.24, 2.45) is 5.92 Å². The predicted molar refractivity (Wildman–Crippen MR) is 80.2 cm³/mol. The van der Waals surface area contributed by atoms with Crippen LogP contribution in [-0.2, 0) is 14.8 Å². The molecule has 1 unspecified atom stereocenters. The Morgan fingerprint density at radius 2 is 2.27 bits per heavy atom. The van der Waals surface area contributed by atoms with E-state index in [1.165, 1.54) is 24.4 Å². The first-order valence-corrected chi connectivity index (χ1v) is 8.67. The molecule has 1 aliphatic heterocycles. The number of methoxy groups -OCH3 is 1. The average molecular weight is 330 g/mol. The second-order valence-corrected chi connectivity index (χ2v) is 7.36. The van der Waals surface area contributed by atoms with Gasteiger partial charge in [0.1, 0.15) is 10.7 Å². The zero-order valence-electron chi connectivity index (χ0n) is 13.1. The van der Waals surface area contributed by atoms with Crippen LogP contribution in [0.25, 0.3) is 0 Å². The van der Waals surface area contributed by atoms with Crippen molar-refractivity contribution in [2.45, 2.75) is 24.7 Å². The molecule has 1 atom stereocenters. The Balaban J connectivity index is 2.26. The molecule has 0 radical (unpaired) electrons. The van der Waals surface area contributed by atoms with Crippen LogP contribution in [0.1, 0.15) is 29.2 Å². The fourth-order valence-corrected chi connectivity index (χ4v) is 4.48. The van der Waals surface area contributed by atoms with Gasteiger partial charge in [-0.1, -0.05) is 0 Å². The Morgan fingerprint density at radius 3 is 2.91 bits per heavy atom.